The number of hydrogen-bond acceptors (Lipinski definition) is 0. The average molecular weight is 159 g/mol. The molecular formula is C10H8P. The van der Waals surface area contributed by atoms with E-state index in [2.05, 4.69) is 45.6 Å². The molecule has 0 heterocycles. The first kappa shape index (κ1) is 6.82. The maximum atomic E-state index is 3.48. The highest BCUT2D eigenvalue weighted by molar-refractivity contribution is 7.27. The second-order valence-electron chi connectivity index (χ2n) is 2.56. The molecule has 2 aromatic rings. The highest BCUT2D eigenvalue weighted by Gasteiger charge is 1.89. The van der Waals surface area contributed by atoms with Gasteiger partial charge in [-0.05, 0) is 22.1 Å². The van der Waals surface area contributed by atoms with Crippen LogP contribution < -0.4 is 5.30 Å². The second-order valence-corrected chi connectivity index (χ2v) is 3.14. The van der Waals surface area contributed by atoms with Gasteiger partial charge in [0.05, 0.1) is 0 Å². The molecule has 0 N–H and O–H groups in total. The van der Waals surface area contributed by atoms with E-state index in [-0.39, 0.29) is 0 Å². The van der Waals surface area contributed by atoms with Gasteiger partial charge >= 0.3 is 0 Å². The van der Waals surface area contributed by atoms with Gasteiger partial charge in [0.15, 0.2) is 0 Å². The molecule has 0 fully saturated rings. The fourth-order valence-electron chi connectivity index (χ4n) is 1.19. The van der Waals surface area contributed by atoms with Crippen molar-refractivity contribution in [1.29, 1.82) is 0 Å². The number of hydrogen-bond donors (Lipinski definition) is 0. The smallest absolute Gasteiger partial charge is 0.0178 e. The van der Waals surface area contributed by atoms with Crippen molar-refractivity contribution in [2.75, 3.05) is 0 Å². The van der Waals surface area contributed by atoms with E-state index in [1.165, 1.54) is 10.8 Å². The van der Waals surface area contributed by atoms with Crippen LogP contribution in [0.25, 0.3) is 10.8 Å². The quantitative estimate of drug-likeness (QED) is 0.518. The van der Waals surface area contributed by atoms with Gasteiger partial charge in [-0.15, -0.1) is 0 Å². The fraction of sp³-hybridized carbons (Fsp3) is 0. The SMILES string of the molecule is [PH]c1ccc2ccccc2c1. The Morgan fingerprint density at radius 1 is 0.818 bits per heavy atom. The van der Waals surface area contributed by atoms with Crippen molar-refractivity contribution in [2.24, 2.45) is 0 Å². The first-order chi connectivity index (χ1) is 5.36. The Kier molecular flexibility index (Phi) is 1.63. The molecule has 0 amide bonds. The Morgan fingerprint density at radius 3 is 2.36 bits per heavy atom. The van der Waals surface area contributed by atoms with E-state index in [1.807, 2.05) is 6.07 Å². The van der Waals surface area contributed by atoms with Gasteiger partial charge in [-0.2, -0.15) is 0 Å². The Morgan fingerprint density at radius 2 is 1.55 bits per heavy atom. The van der Waals surface area contributed by atoms with Gasteiger partial charge in [0, 0.05) is 0 Å². The van der Waals surface area contributed by atoms with E-state index in [1.54, 1.807) is 0 Å². The number of rotatable bonds is 0. The summed E-state index contributed by atoms with van der Waals surface area (Å²) in [5.74, 6) is 0. The summed E-state index contributed by atoms with van der Waals surface area (Å²) in [6.45, 7) is 0. The first-order valence-electron chi connectivity index (χ1n) is 3.57. The zero-order valence-electron chi connectivity index (χ0n) is 6.04. The molecule has 11 heavy (non-hydrogen) atoms. The van der Waals surface area contributed by atoms with Crippen LogP contribution in [0.15, 0.2) is 42.5 Å². The van der Waals surface area contributed by atoms with Gasteiger partial charge < -0.3 is 0 Å². The number of benzene rings is 2. The molecule has 0 saturated heterocycles. The van der Waals surface area contributed by atoms with E-state index >= 15 is 0 Å². The topological polar surface area (TPSA) is 0 Å². The van der Waals surface area contributed by atoms with Crippen molar-refractivity contribution >= 4 is 25.3 Å². The van der Waals surface area contributed by atoms with Crippen LogP contribution in [-0.2, 0) is 0 Å². The van der Waals surface area contributed by atoms with E-state index in [0.717, 1.165) is 5.30 Å². The van der Waals surface area contributed by atoms with E-state index in [0.29, 0.717) is 0 Å². The summed E-state index contributed by atoms with van der Waals surface area (Å²) in [7, 11) is 3.48. The maximum absolute atomic E-state index is 3.48. The predicted molar refractivity (Wildman–Crippen MR) is 51.9 cm³/mol. The highest BCUT2D eigenvalue weighted by atomic mass is 31.0. The third kappa shape index (κ3) is 1.27. The zero-order valence-corrected chi connectivity index (χ0v) is 7.04. The molecule has 0 nitrogen and oxygen atoms in total. The average Bonchev–Trinajstić information content (AvgIpc) is 2.04. The predicted octanol–water partition coefficient (Wildman–Crippen LogP) is 2.61. The van der Waals surface area contributed by atoms with Crippen LogP contribution in [0.1, 0.15) is 0 Å². The summed E-state index contributed by atoms with van der Waals surface area (Å²) in [5.41, 5.74) is 0. The first-order valence-corrected chi connectivity index (χ1v) is 4.07. The molecule has 0 aromatic heterocycles. The summed E-state index contributed by atoms with van der Waals surface area (Å²) in [5, 5.41) is 3.69. The maximum Gasteiger partial charge on any atom is -0.0178 e. The van der Waals surface area contributed by atoms with Gasteiger partial charge in [0.25, 0.3) is 0 Å². The minimum absolute atomic E-state index is 1.13. The van der Waals surface area contributed by atoms with Crippen molar-refractivity contribution < 1.29 is 0 Å². The Hall–Kier alpha value is -0.870. The van der Waals surface area contributed by atoms with Crippen molar-refractivity contribution in [1.82, 2.24) is 0 Å². The molecule has 0 aliphatic heterocycles. The monoisotopic (exact) mass is 159 g/mol. The van der Waals surface area contributed by atoms with Crippen molar-refractivity contribution in [3.8, 4) is 0 Å². The summed E-state index contributed by atoms with van der Waals surface area (Å²) in [4.78, 5) is 0. The highest BCUT2D eigenvalue weighted by Crippen LogP contribution is 2.11. The van der Waals surface area contributed by atoms with Crippen molar-refractivity contribution in [3.05, 3.63) is 42.5 Å². The molecule has 1 radical (unpaired) electrons. The third-order valence-corrected chi connectivity index (χ3v) is 2.06. The molecule has 0 bridgehead atoms. The lowest BCUT2D eigenvalue weighted by Crippen LogP contribution is -1.86. The normalized spacial score (nSPS) is 10.3. The van der Waals surface area contributed by atoms with Crippen LogP contribution in [0.5, 0.6) is 0 Å². The Bertz CT molecular complexity index is 379. The minimum Gasteiger partial charge on any atom is -0.0633 e. The van der Waals surface area contributed by atoms with Crippen LogP contribution in [0, 0.1) is 0 Å². The molecule has 2 rings (SSSR count). The lowest BCUT2D eigenvalue weighted by molar-refractivity contribution is 1.79. The largest absolute Gasteiger partial charge is 0.0633 e. The Labute approximate surface area is 68.4 Å². The molecule has 1 heteroatoms. The van der Waals surface area contributed by atoms with E-state index in [4.69, 9.17) is 0 Å². The molecular weight excluding hydrogens is 151 g/mol. The van der Waals surface area contributed by atoms with Crippen LogP contribution in [0.3, 0.4) is 0 Å². The second kappa shape index (κ2) is 2.64. The van der Waals surface area contributed by atoms with Crippen molar-refractivity contribution in [2.45, 2.75) is 0 Å². The molecule has 0 unspecified atom stereocenters. The van der Waals surface area contributed by atoms with Crippen LogP contribution >= 0.6 is 9.24 Å². The van der Waals surface area contributed by atoms with Gasteiger partial charge in [-0.25, -0.2) is 0 Å². The van der Waals surface area contributed by atoms with Crippen LogP contribution in [-0.4, -0.2) is 0 Å². The van der Waals surface area contributed by atoms with Crippen LogP contribution in [0.4, 0.5) is 0 Å². The molecule has 0 aliphatic rings. The van der Waals surface area contributed by atoms with E-state index in [9.17, 15) is 0 Å². The minimum atomic E-state index is 1.13. The number of fused-ring (bicyclic) bond motifs is 1. The molecule has 0 saturated carbocycles. The third-order valence-electron chi connectivity index (χ3n) is 1.75. The van der Waals surface area contributed by atoms with E-state index < -0.39 is 0 Å². The molecule has 0 aliphatic carbocycles. The molecule has 2 aromatic carbocycles. The fourth-order valence-corrected chi connectivity index (χ4v) is 1.43. The lowest BCUT2D eigenvalue weighted by Gasteiger charge is -1.96. The summed E-state index contributed by atoms with van der Waals surface area (Å²) in [6, 6.07) is 14.6. The van der Waals surface area contributed by atoms with Gasteiger partial charge in [0.2, 0.25) is 0 Å². The zero-order chi connectivity index (χ0) is 7.68. The summed E-state index contributed by atoms with van der Waals surface area (Å²) < 4.78 is 0. The molecule has 53 valence electrons. The van der Waals surface area contributed by atoms with Crippen molar-refractivity contribution in [3.63, 3.8) is 0 Å². The van der Waals surface area contributed by atoms with Gasteiger partial charge in [0.1, 0.15) is 0 Å². The Balaban J connectivity index is 2.83. The lowest BCUT2D eigenvalue weighted by atomic mass is 10.1. The molecule has 0 spiro atoms. The summed E-state index contributed by atoms with van der Waals surface area (Å²) in [6.07, 6.45) is 0. The summed E-state index contributed by atoms with van der Waals surface area (Å²) >= 11 is 0. The van der Waals surface area contributed by atoms with Gasteiger partial charge in [-0.1, -0.05) is 45.6 Å². The van der Waals surface area contributed by atoms with Gasteiger partial charge in [-0.3, -0.25) is 0 Å². The standard InChI is InChI=1S/C10H8P/c11-10-6-5-8-3-1-2-4-9(8)7-10/h1-7,11H. The van der Waals surface area contributed by atoms with Crippen LogP contribution in [0.2, 0.25) is 0 Å². The molecule has 0 atom stereocenters.